The minimum atomic E-state index is -0.397. The molecule has 1 aromatic heterocycles. The third kappa shape index (κ3) is 3.81. The molecule has 150 valence electrons. The van der Waals surface area contributed by atoms with Crippen LogP contribution in [0.3, 0.4) is 0 Å². The van der Waals surface area contributed by atoms with E-state index in [0.29, 0.717) is 33.5 Å². The first-order chi connectivity index (χ1) is 14.5. The SMILES string of the molecule is COc1ccc(NC(=O)Nc2cccc(-c3c[nH]c(=O)c4cccc(O)c34)c2)cc1. The van der Waals surface area contributed by atoms with Crippen LogP contribution in [0.15, 0.2) is 77.7 Å². The Kier molecular flexibility index (Phi) is 5.09. The van der Waals surface area contributed by atoms with Crippen LogP contribution in [0, 0.1) is 0 Å². The highest BCUT2D eigenvalue weighted by atomic mass is 16.5. The minimum Gasteiger partial charge on any atom is -0.507 e. The van der Waals surface area contributed by atoms with Gasteiger partial charge in [-0.2, -0.15) is 0 Å². The monoisotopic (exact) mass is 401 g/mol. The maximum atomic E-state index is 12.4. The summed E-state index contributed by atoms with van der Waals surface area (Å²) in [6.45, 7) is 0. The van der Waals surface area contributed by atoms with Gasteiger partial charge >= 0.3 is 6.03 Å². The van der Waals surface area contributed by atoms with Crippen molar-refractivity contribution in [2.24, 2.45) is 0 Å². The van der Waals surface area contributed by atoms with Gasteiger partial charge in [0.15, 0.2) is 0 Å². The third-order valence-corrected chi connectivity index (χ3v) is 4.68. The maximum Gasteiger partial charge on any atom is 0.323 e. The number of phenols is 1. The van der Waals surface area contributed by atoms with E-state index in [1.165, 1.54) is 6.07 Å². The molecule has 4 aromatic rings. The van der Waals surface area contributed by atoms with Crippen molar-refractivity contribution in [3.8, 4) is 22.6 Å². The van der Waals surface area contributed by atoms with Crippen molar-refractivity contribution < 1.29 is 14.6 Å². The van der Waals surface area contributed by atoms with Gasteiger partial charge in [-0.3, -0.25) is 4.79 Å². The lowest BCUT2D eigenvalue weighted by atomic mass is 10.00. The number of hydrogen-bond acceptors (Lipinski definition) is 4. The fourth-order valence-corrected chi connectivity index (χ4v) is 3.26. The van der Waals surface area contributed by atoms with E-state index in [9.17, 15) is 14.7 Å². The van der Waals surface area contributed by atoms with Crippen molar-refractivity contribution >= 4 is 28.2 Å². The summed E-state index contributed by atoms with van der Waals surface area (Å²) >= 11 is 0. The van der Waals surface area contributed by atoms with Crippen molar-refractivity contribution in [2.45, 2.75) is 0 Å². The molecular formula is C23H19N3O4. The summed E-state index contributed by atoms with van der Waals surface area (Å²) in [6, 6.07) is 18.6. The predicted molar refractivity (Wildman–Crippen MR) is 117 cm³/mol. The summed E-state index contributed by atoms with van der Waals surface area (Å²) in [7, 11) is 1.58. The predicted octanol–water partition coefficient (Wildman–Crippen LogP) is 4.55. The van der Waals surface area contributed by atoms with Crippen LogP contribution >= 0.6 is 0 Å². The fraction of sp³-hybridized carbons (Fsp3) is 0.0435. The van der Waals surface area contributed by atoms with Gasteiger partial charge in [-0.1, -0.05) is 18.2 Å². The van der Waals surface area contributed by atoms with Crippen LogP contribution in [0.4, 0.5) is 16.2 Å². The van der Waals surface area contributed by atoms with E-state index < -0.39 is 6.03 Å². The van der Waals surface area contributed by atoms with E-state index in [-0.39, 0.29) is 11.3 Å². The molecule has 0 saturated carbocycles. The number of benzene rings is 3. The van der Waals surface area contributed by atoms with E-state index in [4.69, 9.17) is 4.74 Å². The van der Waals surface area contributed by atoms with Crippen molar-refractivity contribution in [3.05, 3.63) is 83.3 Å². The average molecular weight is 401 g/mol. The molecule has 30 heavy (non-hydrogen) atoms. The van der Waals surface area contributed by atoms with Crippen LogP contribution in [-0.2, 0) is 0 Å². The fourth-order valence-electron chi connectivity index (χ4n) is 3.26. The van der Waals surface area contributed by atoms with Crippen LogP contribution in [0.5, 0.6) is 11.5 Å². The lowest BCUT2D eigenvalue weighted by molar-refractivity contribution is 0.262. The first kappa shape index (κ1) is 19.1. The topological polar surface area (TPSA) is 103 Å². The second-order valence-corrected chi connectivity index (χ2v) is 6.62. The molecule has 4 N–H and O–H groups in total. The Morgan fingerprint density at radius 1 is 0.967 bits per heavy atom. The molecule has 0 unspecified atom stereocenters. The van der Waals surface area contributed by atoms with Gasteiger partial charge < -0.3 is 25.5 Å². The second-order valence-electron chi connectivity index (χ2n) is 6.62. The first-order valence-corrected chi connectivity index (χ1v) is 9.21. The zero-order chi connectivity index (χ0) is 21.1. The number of phenolic OH excluding ortho intramolecular Hbond substituents is 1. The van der Waals surface area contributed by atoms with Gasteiger partial charge in [0.1, 0.15) is 11.5 Å². The number of methoxy groups -OCH3 is 1. The molecule has 0 radical (unpaired) electrons. The number of anilines is 2. The Hall–Kier alpha value is -4.26. The molecule has 7 nitrogen and oxygen atoms in total. The molecule has 2 amide bonds. The number of H-pyrrole nitrogens is 1. The first-order valence-electron chi connectivity index (χ1n) is 9.21. The Morgan fingerprint density at radius 2 is 1.70 bits per heavy atom. The van der Waals surface area contributed by atoms with E-state index >= 15 is 0 Å². The summed E-state index contributed by atoms with van der Waals surface area (Å²) in [5, 5.41) is 16.7. The van der Waals surface area contributed by atoms with Crippen molar-refractivity contribution in [1.82, 2.24) is 4.98 Å². The van der Waals surface area contributed by atoms with Crippen LogP contribution in [-0.4, -0.2) is 23.2 Å². The number of carbonyl (C=O) groups excluding carboxylic acids is 1. The third-order valence-electron chi connectivity index (χ3n) is 4.68. The summed E-state index contributed by atoms with van der Waals surface area (Å²) in [6.07, 6.45) is 1.56. The van der Waals surface area contributed by atoms with E-state index in [2.05, 4.69) is 15.6 Å². The highest BCUT2D eigenvalue weighted by Crippen LogP contribution is 2.33. The largest absolute Gasteiger partial charge is 0.507 e. The Balaban J connectivity index is 1.60. The van der Waals surface area contributed by atoms with Crippen LogP contribution in [0.1, 0.15) is 0 Å². The second kappa shape index (κ2) is 8.00. The molecule has 1 heterocycles. The zero-order valence-corrected chi connectivity index (χ0v) is 16.1. The quantitative estimate of drug-likeness (QED) is 0.403. The van der Waals surface area contributed by atoms with Gasteiger partial charge in [0.25, 0.3) is 5.56 Å². The van der Waals surface area contributed by atoms with Gasteiger partial charge in [-0.15, -0.1) is 0 Å². The number of hydrogen-bond donors (Lipinski definition) is 4. The molecule has 4 rings (SSSR count). The Labute approximate surface area is 172 Å². The number of ether oxygens (including phenoxy) is 1. The molecule has 0 bridgehead atoms. The number of fused-ring (bicyclic) bond motifs is 1. The van der Waals surface area contributed by atoms with Crippen LogP contribution < -0.4 is 20.9 Å². The molecule has 0 fully saturated rings. The van der Waals surface area contributed by atoms with Crippen molar-refractivity contribution in [1.29, 1.82) is 0 Å². The molecule has 0 aliphatic heterocycles. The summed E-state index contributed by atoms with van der Waals surface area (Å²) in [4.78, 5) is 27.1. The Morgan fingerprint density at radius 3 is 2.47 bits per heavy atom. The van der Waals surface area contributed by atoms with E-state index in [0.717, 1.165) is 5.56 Å². The lowest BCUT2D eigenvalue weighted by Crippen LogP contribution is -2.19. The normalized spacial score (nSPS) is 10.6. The standard InChI is InChI=1S/C23H19N3O4/c1-30-17-10-8-15(9-11-17)25-23(29)26-16-5-2-4-14(12-16)19-13-24-22(28)18-6-3-7-20(27)21(18)19/h2-13,27H,1H3,(H,24,28)(H2,25,26,29). The van der Waals surface area contributed by atoms with Crippen LogP contribution in [0.2, 0.25) is 0 Å². The number of rotatable bonds is 4. The number of urea groups is 1. The number of nitrogens with one attached hydrogen (secondary N) is 3. The van der Waals surface area contributed by atoms with E-state index in [1.807, 2.05) is 6.07 Å². The number of amides is 2. The number of aromatic hydroxyl groups is 1. The molecule has 3 aromatic carbocycles. The molecule has 7 heteroatoms. The van der Waals surface area contributed by atoms with Gasteiger partial charge in [0.05, 0.1) is 12.5 Å². The molecule has 0 saturated heterocycles. The summed E-state index contributed by atoms with van der Waals surface area (Å²) in [5.41, 5.74) is 2.30. The average Bonchev–Trinajstić information content (AvgIpc) is 2.75. The molecule has 0 aliphatic carbocycles. The number of pyridine rings is 1. The number of aromatic amines is 1. The number of aromatic nitrogens is 1. The Bertz CT molecular complexity index is 1280. The molecule has 0 spiro atoms. The molecular weight excluding hydrogens is 382 g/mol. The smallest absolute Gasteiger partial charge is 0.323 e. The summed E-state index contributed by atoms with van der Waals surface area (Å²) in [5.74, 6) is 0.717. The van der Waals surface area contributed by atoms with Gasteiger partial charge in [0, 0.05) is 28.5 Å². The number of carbonyl (C=O) groups is 1. The van der Waals surface area contributed by atoms with Crippen LogP contribution in [0.25, 0.3) is 21.9 Å². The van der Waals surface area contributed by atoms with Gasteiger partial charge in [-0.25, -0.2) is 4.79 Å². The van der Waals surface area contributed by atoms with Crippen molar-refractivity contribution in [3.63, 3.8) is 0 Å². The maximum absolute atomic E-state index is 12.4. The van der Waals surface area contributed by atoms with Gasteiger partial charge in [-0.05, 0) is 54.1 Å². The van der Waals surface area contributed by atoms with Gasteiger partial charge in [0.2, 0.25) is 0 Å². The lowest BCUT2D eigenvalue weighted by Gasteiger charge is -2.11. The highest BCUT2D eigenvalue weighted by Gasteiger charge is 2.12. The summed E-state index contributed by atoms with van der Waals surface area (Å²) < 4.78 is 5.10. The minimum absolute atomic E-state index is 0.0178. The molecule has 0 aliphatic rings. The van der Waals surface area contributed by atoms with Crippen molar-refractivity contribution in [2.75, 3.05) is 17.7 Å². The highest BCUT2D eigenvalue weighted by molar-refractivity contribution is 6.02. The zero-order valence-electron chi connectivity index (χ0n) is 16.1. The van der Waals surface area contributed by atoms with E-state index in [1.54, 1.807) is 67.9 Å². The molecule has 0 atom stereocenters.